The fourth-order valence-corrected chi connectivity index (χ4v) is 1.74. The van der Waals surface area contributed by atoms with Crippen LogP contribution in [-0.2, 0) is 14.3 Å². The molecule has 0 aromatic carbocycles. The summed E-state index contributed by atoms with van der Waals surface area (Å²) in [5.74, 6) is -0.544. The van der Waals surface area contributed by atoms with Gasteiger partial charge < -0.3 is 15.8 Å². The summed E-state index contributed by atoms with van der Waals surface area (Å²) in [6.07, 6.45) is 2.79. The number of carbonyl (C=O) groups is 2. The lowest BCUT2D eigenvalue weighted by Gasteiger charge is -2.22. The van der Waals surface area contributed by atoms with Gasteiger partial charge >= 0.3 is 5.97 Å². The van der Waals surface area contributed by atoms with Crippen LogP contribution in [0.15, 0.2) is 0 Å². The summed E-state index contributed by atoms with van der Waals surface area (Å²) < 4.78 is 4.70. The predicted molar refractivity (Wildman–Crippen MR) is 70.9 cm³/mol. The van der Waals surface area contributed by atoms with Crippen LogP contribution in [0, 0.1) is 5.92 Å². The first-order valence-electron chi connectivity index (χ1n) is 6.58. The minimum Gasteiger partial charge on any atom is -0.467 e. The molecule has 106 valence electrons. The summed E-state index contributed by atoms with van der Waals surface area (Å²) in [6, 6.07) is -0.730. The van der Waals surface area contributed by atoms with Gasteiger partial charge in [0.25, 0.3) is 0 Å². The Bertz CT molecular complexity index is 269. The highest BCUT2D eigenvalue weighted by Crippen LogP contribution is 2.10. The van der Waals surface area contributed by atoms with Crippen LogP contribution in [0.3, 0.4) is 0 Å². The minimum absolute atomic E-state index is 0.0452. The molecule has 0 aromatic rings. The van der Waals surface area contributed by atoms with Gasteiger partial charge in [0.2, 0.25) is 5.91 Å². The lowest BCUT2D eigenvalue weighted by Crippen LogP contribution is -2.47. The standard InChI is InChI=1S/C13H26N2O3/c1-5-7-10(14)8-11(16)15-12(9(3)6-2)13(17)18-4/h9-10,12H,5-8,14H2,1-4H3,(H,15,16). The molecule has 0 spiro atoms. The summed E-state index contributed by atoms with van der Waals surface area (Å²) in [5.41, 5.74) is 5.80. The molecule has 0 aliphatic carbocycles. The molecule has 0 aliphatic heterocycles. The SMILES string of the molecule is CCCC(N)CC(=O)NC(C(=O)OC)C(C)CC. The molecule has 0 aliphatic rings. The van der Waals surface area contributed by atoms with Gasteiger partial charge in [0.15, 0.2) is 0 Å². The van der Waals surface area contributed by atoms with Crippen molar-refractivity contribution in [2.75, 3.05) is 7.11 Å². The zero-order valence-corrected chi connectivity index (χ0v) is 11.9. The second-order valence-electron chi connectivity index (χ2n) is 4.71. The van der Waals surface area contributed by atoms with Crippen LogP contribution < -0.4 is 11.1 Å². The first-order chi connectivity index (χ1) is 8.46. The Morgan fingerprint density at radius 2 is 1.94 bits per heavy atom. The van der Waals surface area contributed by atoms with Gasteiger partial charge in [-0.25, -0.2) is 4.79 Å². The quantitative estimate of drug-likeness (QED) is 0.641. The largest absolute Gasteiger partial charge is 0.467 e. The van der Waals surface area contributed by atoms with Crippen LogP contribution in [0.5, 0.6) is 0 Å². The van der Waals surface area contributed by atoms with E-state index in [0.29, 0.717) is 0 Å². The molecule has 0 aromatic heterocycles. The molecule has 1 amide bonds. The van der Waals surface area contributed by atoms with E-state index in [-0.39, 0.29) is 24.3 Å². The number of hydrogen-bond acceptors (Lipinski definition) is 4. The molecule has 5 nitrogen and oxygen atoms in total. The number of nitrogens with one attached hydrogen (secondary N) is 1. The lowest BCUT2D eigenvalue weighted by atomic mass is 9.98. The molecule has 0 fully saturated rings. The lowest BCUT2D eigenvalue weighted by molar-refractivity contribution is -0.146. The molecule has 0 heterocycles. The van der Waals surface area contributed by atoms with Gasteiger partial charge in [-0.1, -0.05) is 33.6 Å². The van der Waals surface area contributed by atoms with Crippen molar-refractivity contribution in [3.63, 3.8) is 0 Å². The summed E-state index contributed by atoms with van der Waals surface area (Å²) in [7, 11) is 1.33. The molecule has 0 radical (unpaired) electrons. The number of amides is 1. The molecule has 3 atom stereocenters. The Morgan fingerprint density at radius 1 is 1.33 bits per heavy atom. The van der Waals surface area contributed by atoms with E-state index in [1.807, 2.05) is 20.8 Å². The molecular weight excluding hydrogens is 232 g/mol. The Kier molecular flexibility index (Phi) is 8.37. The Hall–Kier alpha value is -1.10. The third kappa shape index (κ3) is 6.00. The van der Waals surface area contributed by atoms with Crippen molar-refractivity contribution in [3.8, 4) is 0 Å². The topological polar surface area (TPSA) is 81.4 Å². The monoisotopic (exact) mass is 258 g/mol. The van der Waals surface area contributed by atoms with Gasteiger partial charge in [0.05, 0.1) is 7.11 Å². The molecule has 0 saturated heterocycles. The van der Waals surface area contributed by atoms with Gasteiger partial charge in [-0.2, -0.15) is 0 Å². The maximum absolute atomic E-state index is 11.8. The Balaban J connectivity index is 4.40. The number of rotatable bonds is 8. The highest BCUT2D eigenvalue weighted by atomic mass is 16.5. The van der Waals surface area contributed by atoms with Crippen LogP contribution in [0.1, 0.15) is 46.5 Å². The van der Waals surface area contributed by atoms with E-state index < -0.39 is 12.0 Å². The van der Waals surface area contributed by atoms with E-state index >= 15 is 0 Å². The number of esters is 1. The van der Waals surface area contributed by atoms with Gasteiger partial charge in [0.1, 0.15) is 6.04 Å². The van der Waals surface area contributed by atoms with E-state index in [2.05, 4.69) is 5.32 Å². The van der Waals surface area contributed by atoms with Crippen LogP contribution in [0.2, 0.25) is 0 Å². The Labute approximate surface area is 109 Å². The molecule has 0 bridgehead atoms. The van der Waals surface area contributed by atoms with Crippen molar-refractivity contribution in [2.45, 2.75) is 58.5 Å². The van der Waals surface area contributed by atoms with E-state index in [1.165, 1.54) is 7.11 Å². The van der Waals surface area contributed by atoms with E-state index in [1.54, 1.807) is 0 Å². The Morgan fingerprint density at radius 3 is 2.39 bits per heavy atom. The summed E-state index contributed by atoms with van der Waals surface area (Å²) >= 11 is 0. The predicted octanol–water partition coefficient (Wildman–Crippen LogP) is 1.21. The molecule has 0 rings (SSSR count). The third-order valence-electron chi connectivity index (χ3n) is 3.09. The summed E-state index contributed by atoms with van der Waals surface area (Å²) in [5, 5.41) is 2.71. The van der Waals surface area contributed by atoms with Crippen LogP contribution >= 0.6 is 0 Å². The van der Waals surface area contributed by atoms with Crippen molar-refractivity contribution in [3.05, 3.63) is 0 Å². The number of ether oxygens (including phenoxy) is 1. The molecule has 3 unspecified atom stereocenters. The second kappa shape index (κ2) is 8.91. The highest BCUT2D eigenvalue weighted by molar-refractivity contribution is 5.84. The highest BCUT2D eigenvalue weighted by Gasteiger charge is 2.26. The molecule has 0 saturated carbocycles. The number of carbonyl (C=O) groups excluding carboxylic acids is 2. The van der Waals surface area contributed by atoms with Crippen LogP contribution in [0.25, 0.3) is 0 Å². The number of methoxy groups -OCH3 is 1. The van der Waals surface area contributed by atoms with Gasteiger partial charge in [-0.05, 0) is 12.3 Å². The molecule has 3 N–H and O–H groups in total. The van der Waals surface area contributed by atoms with Crippen molar-refractivity contribution in [1.82, 2.24) is 5.32 Å². The first kappa shape index (κ1) is 16.9. The summed E-state index contributed by atoms with van der Waals surface area (Å²) in [4.78, 5) is 23.4. The molecule has 18 heavy (non-hydrogen) atoms. The average molecular weight is 258 g/mol. The van der Waals surface area contributed by atoms with Gasteiger partial charge in [0, 0.05) is 12.5 Å². The van der Waals surface area contributed by atoms with E-state index in [0.717, 1.165) is 19.3 Å². The fourth-order valence-electron chi connectivity index (χ4n) is 1.74. The molecular formula is C13H26N2O3. The smallest absolute Gasteiger partial charge is 0.328 e. The fraction of sp³-hybridized carbons (Fsp3) is 0.846. The summed E-state index contributed by atoms with van der Waals surface area (Å²) in [6.45, 7) is 5.90. The third-order valence-corrected chi connectivity index (χ3v) is 3.09. The van der Waals surface area contributed by atoms with Crippen molar-refractivity contribution < 1.29 is 14.3 Å². The van der Waals surface area contributed by atoms with Crippen molar-refractivity contribution in [2.24, 2.45) is 11.7 Å². The second-order valence-corrected chi connectivity index (χ2v) is 4.71. The molecule has 5 heteroatoms. The van der Waals surface area contributed by atoms with Gasteiger partial charge in [-0.3, -0.25) is 4.79 Å². The van der Waals surface area contributed by atoms with Crippen molar-refractivity contribution in [1.29, 1.82) is 0 Å². The van der Waals surface area contributed by atoms with E-state index in [9.17, 15) is 9.59 Å². The normalized spacial score (nSPS) is 15.6. The van der Waals surface area contributed by atoms with Crippen molar-refractivity contribution >= 4 is 11.9 Å². The average Bonchev–Trinajstić information content (AvgIpc) is 2.34. The van der Waals surface area contributed by atoms with Crippen LogP contribution in [0.4, 0.5) is 0 Å². The maximum Gasteiger partial charge on any atom is 0.328 e. The number of nitrogens with two attached hydrogens (primary N) is 1. The van der Waals surface area contributed by atoms with Gasteiger partial charge in [-0.15, -0.1) is 0 Å². The zero-order valence-electron chi connectivity index (χ0n) is 11.9. The number of hydrogen-bond donors (Lipinski definition) is 2. The maximum atomic E-state index is 11.8. The zero-order chi connectivity index (χ0) is 14.1. The minimum atomic E-state index is -0.582. The van der Waals surface area contributed by atoms with Crippen LogP contribution in [-0.4, -0.2) is 31.1 Å². The van der Waals surface area contributed by atoms with E-state index in [4.69, 9.17) is 10.5 Å². The first-order valence-corrected chi connectivity index (χ1v) is 6.58.